The largest absolute Gasteiger partial charge is 0.497 e. The first-order chi connectivity index (χ1) is 7.67. The van der Waals surface area contributed by atoms with Gasteiger partial charge in [0.1, 0.15) is 11.5 Å². The molecule has 0 bridgehead atoms. The summed E-state index contributed by atoms with van der Waals surface area (Å²) in [4.78, 5) is 14.7. The summed E-state index contributed by atoms with van der Waals surface area (Å²) in [5.74, 6) is 1.43. The number of nitrogens with zero attached hydrogens (tertiary/aromatic N) is 1. The lowest BCUT2D eigenvalue weighted by Crippen LogP contribution is -1.97. The fourth-order valence-corrected chi connectivity index (χ4v) is 1.20. The zero-order chi connectivity index (χ0) is 12.0. The zero-order valence-electron chi connectivity index (χ0n) is 9.69. The van der Waals surface area contributed by atoms with Gasteiger partial charge < -0.3 is 9.47 Å². The van der Waals surface area contributed by atoms with E-state index in [1.807, 2.05) is 12.1 Å². The van der Waals surface area contributed by atoms with Gasteiger partial charge in [-0.2, -0.15) is 0 Å². The van der Waals surface area contributed by atoms with Crippen LogP contribution < -0.4 is 9.47 Å². The van der Waals surface area contributed by atoms with Crippen molar-refractivity contribution in [3.8, 4) is 11.5 Å². The molecule has 0 atom stereocenters. The Bertz CT molecular complexity index is 399. The highest BCUT2D eigenvalue weighted by atomic mass is 16.5. The van der Waals surface area contributed by atoms with Crippen LogP contribution in [0.5, 0.6) is 11.5 Å². The van der Waals surface area contributed by atoms with Gasteiger partial charge in [-0.3, -0.25) is 9.79 Å². The standard InChI is InChI=1S/C12H15NO3/c1-9(14)7-13-8-10-4-5-11(15-2)6-12(10)16-3/h4-6,8H,7H2,1-3H3. The molecule has 0 aliphatic rings. The summed E-state index contributed by atoms with van der Waals surface area (Å²) in [5, 5.41) is 0. The van der Waals surface area contributed by atoms with Crippen LogP contribution >= 0.6 is 0 Å². The molecule has 0 amide bonds. The van der Waals surface area contributed by atoms with Gasteiger partial charge >= 0.3 is 0 Å². The minimum absolute atomic E-state index is 0.0312. The second-order valence-electron chi connectivity index (χ2n) is 3.28. The van der Waals surface area contributed by atoms with Crippen LogP contribution in [0.3, 0.4) is 0 Å². The van der Waals surface area contributed by atoms with E-state index in [4.69, 9.17) is 9.47 Å². The lowest BCUT2D eigenvalue weighted by Gasteiger charge is -2.06. The molecule has 0 aromatic heterocycles. The summed E-state index contributed by atoms with van der Waals surface area (Å²) in [5.41, 5.74) is 0.824. The van der Waals surface area contributed by atoms with Crippen LogP contribution in [0.1, 0.15) is 12.5 Å². The third kappa shape index (κ3) is 3.38. The number of methoxy groups -OCH3 is 2. The molecule has 0 unspecified atom stereocenters. The van der Waals surface area contributed by atoms with Crippen LogP contribution in [0.25, 0.3) is 0 Å². The van der Waals surface area contributed by atoms with Gasteiger partial charge in [0.05, 0.1) is 20.8 Å². The maximum absolute atomic E-state index is 10.7. The molecule has 1 aromatic carbocycles. The molecule has 0 aliphatic carbocycles. The molecule has 0 N–H and O–H groups in total. The Morgan fingerprint density at radius 1 is 1.38 bits per heavy atom. The van der Waals surface area contributed by atoms with Crippen LogP contribution in [0, 0.1) is 0 Å². The number of aliphatic imine (C=N–C) groups is 1. The molecule has 0 spiro atoms. The third-order valence-electron chi connectivity index (χ3n) is 1.98. The van der Waals surface area contributed by atoms with Crippen molar-refractivity contribution < 1.29 is 14.3 Å². The molecule has 4 nitrogen and oxygen atoms in total. The fraction of sp³-hybridized carbons (Fsp3) is 0.333. The minimum Gasteiger partial charge on any atom is -0.497 e. The van der Waals surface area contributed by atoms with Gasteiger partial charge in [0.25, 0.3) is 0 Å². The van der Waals surface area contributed by atoms with Gasteiger partial charge in [-0.15, -0.1) is 0 Å². The Hall–Kier alpha value is -1.84. The molecule has 0 saturated heterocycles. The van der Waals surface area contributed by atoms with Gasteiger partial charge in [0, 0.05) is 17.8 Å². The van der Waals surface area contributed by atoms with Crippen molar-refractivity contribution in [2.24, 2.45) is 4.99 Å². The van der Waals surface area contributed by atoms with Crippen LogP contribution in [0.2, 0.25) is 0 Å². The van der Waals surface area contributed by atoms with Gasteiger partial charge in [-0.1, -0.05) is 0 Å². The minimum atomic E-state index is 0.0312. The number of hydrogen-bond acceptors (Lipinski definition) is 4. The van der Waals surface area contributed by atoms with E-state index in [-0.39, 0.29) is 12.3 Å². The first-order valence-electron chi connectivity index (χ1n) is 4.88. The maximum atomic E-state index is 10.7. The van der Waals surface area contributed by atoms with E-state index in [1.54, 1.807) is 26.5 Å². The molecular weight excluding hydrogens is 206 g/mol. The highest BCUT2D eigenvalue weighted by molar-refractivity contribution is 5.86. The highest BCUT2D eigenvalue weighted by Crippen LogP contribution is 2.22. The topological polar surface area (TPSA) is 47.9 Å². The van der Waals surface area contributed by atoms with Gasteiger partial charge in [-0.05, 0) is 19.1 Å². The van der Waals surface area contributed by atoms with Crippen molar-refractivity contribution in [1.29, 1.82) is 0 Å². The molecule has 0 heterocycles. The zero-order valence-corrected chi connectivity index (χ0v) is 9.69. The van der Waals surface area contributed by atoms with E-state index in [0.29, 0.717) is 5.75 Å². The number of benzene rings is 1. The molecule has 4 heteroatoms. The van der Waals surface area contributed by atoms with Crippen LogP contribution in [0.4, 0.5) is 0 Å². The SMILES string of the molecule is COc1ccc(C=NCC(C)=O)c(OC)c1. The second kappa shape index (κ2) is 5.90. The quantitative estimate of drug-likeness (QED) is 0.711. The number of carbonyl (C=O) groups is 1. The van der Waals surface area contributed by atoms with Gasteiger partial charge in [0.2, 0.25) is 0 Å². The lowest BCUT2D eigenvalue weighted by atomic mass is 10.2. The van der Waals surface area contributed by atoms with Crippen molar-refractivity contribution in [3.05, 3.63) is 23.8 Å². The molecule has 0 fully saturated rings. The summed E-state index contributed by atoms with van der Waals surface area (Å²) in [7, 11) is 3.18. The summed E-state index contributed by atoms with van der Waals surface area (Å²) in [6.07, 6.45) is 1.62. The average molecular weight is 221 g/mol. The molecule has 1 rings (SSSR count). The smallest absolute Gasteiger partial charge is 0.151 e. The van der Waals surface area contributed by atoms with Gasteiger partial charge in [-0.25, -0.2) is 0 Å². The van der Waals surface area contributed by atoms with Crippen molar-refractivity contribution >= 4 is 12.0 Å². The molecule has 1 aromatic rings. The Labute approximate surface area is 94.9 Å². The van der Waals surface area contributed by atoms with Crippen molar-refractivity contribution in [2.45, 2.75) is 6.92 Å². The number of ketones is 1. The first kappa shape index (κ1) is 12.2. The number of Topliss-reactive ketones (excluding diaryl/α,β-unsaturated/α-hetero) is 1. The summed E-state index contributed by atoms with van der Waals surface area (Å²) in [6, 6.07) is 5.42. The maximum Gasteiger partial charge on any atom is 0.151 e. The van der Waals surface area contributed by atoms with E-state index < -0.39 is 0 Å². The Morgan fingerprint density at radius 3 is 2.69 bits per heavy atom. The normalized spacial score (nSPS) is 10.4. The average Bonchev–Trinajstić information content (AvgIpc) is 2.29. The number of ether oxygens (including phenoxy) is 2. The van der Waals surface area contributed by atoms with E-state index >= 15 is 0 Å². The molecule has 0 saturated carbocycles. The van der Waals surface area contributed by atoms with Crippen molar-refractivity contribution in [3.63, 3.8) is 0 Å². The van der Waals surface area contributed by atoms with Crippen LogP contribution in [0.15, 0.2) is 23.2 Å². The van der Waals surface area contributed by atoms with E-state index in [1.165, 1.54) is 6.92 Å². The lowest BCUT2D eigenvalue weighted by molar-refractivity contribution is -0.115. The first-order valence-corrected chi connectivity index (χ1v) is 4.88. The van der Waals surface area contributed by atoms with Crippen LogP contribution in [-0.4, -0.2) is 32.8 Å². The third-order valence-corrected chi connectivity index (χ3v) is 1.98. The molecule has 0 aliphatic heterocycles. The Kier molecular flexibility index (Phi) is 4.51. The Balaban J connectivity index is 2.87. The number of rotatable bonds is 5. The summed E-state index contributed by atoms with van der Waals surface area (Å²) < 4.78 is 10.3. The Morgan fingerprint density at radius 2 is 2.12 bits per heavy atom. The molecule has 0 radical (unpaired) electrons. The van der Waals surface area contributed by atoms with E-state index in [0.717, 1.165) is 11.3 Å². The van der Waals surface area contributed by atoms with Crippen molar-refractivity contribution in [1.82, 2.24) is 0 Å². The predicted octanol–water partition coefficient (Wildman–Crippen LogP) is 1.71. The molecular formula is C12H15NO3. The van der Waals surface area contributed by atoms with Crippen molar-refractivity contribution in [2.75, 3.05) is 20.8 Å². The summed E-state index contributed by atoms with van der Waals surface area (Å²) in [6.45, 7) is 1.69. The second-order valence-corrected chi connectivity index (χ2v) is 3.28. The predicted molar refractivity (Wildman–Crippen MR) is 62.7 cm³/mol. The molecule has 16 heavy (non-hydrogen) atoms. The molecule has 86 valence electrons. The van der Waals surface area contributed by atoms with Crippen LogP contribution in [-0.2, 0) is 4.79 Å². The highest BCUT2D eigenvalue weighted by Gasteiger charge is 2.02. The number of carbonyl (C=O) groups excluding carboxylic acids is 1. The van der Waals surface area contributed by atoms with Gasteiger partial charge in [0.15, 0.2) is 5.78 Å². The van der Waals surface area contributed by atoms with E-state index in [9.17, 15) is 4.79 Å². The number of hydrogen-bond donors (Lipinski definition) is 0. The fourth-order valence-electron chi connectivity index (χ4n) is 1.20. The monoisotopic (exact) mass is 221 g/mol. The van der Waals surface area contributed by atoms with E-state index in [2.05, 4.69) is 4.99 Å². The summed E-state index contributed by atoms with van der Waals surface area (Å²) >= 11 is 0.